The molecule has 6 nitrogen and oxygen atoms in total. The molecule has 1 heterocycles. The van der Waals surface area contributed by atoms with Crippen LogP contribution >= 0.6 is 0 Å². The van der Waals surface area contributed by atoms with Crippen LogP contribution in [-0.2, 0) is 6.54 Å². The standard InChI is InChI=1S/C21H31N3O3/c1-6-24-18-8-7-16(13-17(18)22-19(25)21(24)27)20(26)23(11-9-14(2)3)12-10-15(4)5/h7-8,13-15H,6,9-12H2,1-5H3,(H,22,25). The van der Waals surface area contributed by atoms with Crippen LogP contribution in [0, 0.1) is 11.8 Å². The third-order valence-electron chi connectivity index (χ3n) is 4.78. The van der Waals surface area contributed by atoms with Crippen LogP contribution in [0.3, 0.4) is 0 Å². The molecule has 0 aliphatic rings. The molecule has 0 fully saturated rings. The van der Waals surface area contributed by atoms with Crippen LogP contribution in [-0.4, -0.2) is 33.4 Å². The van der Waals surface area contributed by atoms with Gasteiger partial charge in [0, 0.05) is 25.2 Å². The SMILES string of the molecule is CCn1c(=O)c(=O)[nH]c2cc(C(=O)N(CCC(C)C)CCC(C)C)ccc21. The number of aryl methyl sites for hydroxylation is 1. The zero-order chi connectivity index (χ0) is 20.1. The number of H-pyrrole nitrogens is 1. The third-order valence-corrected chi connectivity index (χ3v) is 4.78. The summed E-state index contributed by atoms with van der Waals surface area (Å²) in [6, 6.07) is 5.17. The summed E-state index contributed by atoms with van der Waals surface area (Å²) in [5, 5.41) is 0. The first-order chi connectivity index (χ1) is 12.7. The van der Waals surface area contributed by atoms with Gasteiger partial charge in [0.2, 0.25) is 0 Å². The van der Waals surface area contributed by atoms with Crippen LogP contribution in [0.25, 0.3) is 11.0 Å². The Balaban J connectivity index is 2.39. The van der Waals surface area contributed by atoms with Crippen LogP contribution in [0.1, 0.15) is 57.8 Å². The number of benzene rings is 1. The molecule has 148 valence electrons. The van der Waals surface area contributed by atoms with E-state index in [4.69, 9.17) is 0 Å². The summed E-state index contributed by atoms with van der Waals surface area (Å²) in [5.74, 6) is 1.01. The molecule has 6 heteroatoms. The highest BCUT2D eigenvalue weighted by Crippen LogP contribution is 2.16. The van der Waals surface area contributed by atoms with Crippen molar-refractivity contribution in [3.8, 4) is 0 Å². The zero-order valence-corrected chi connectivity index (χ0v) is 17.0. The summed E-state index contributed by atoms with van der Waals surface area (Å²) >= 11 is 0. The van der Waals surface area contributed by atoms with Gasteiger partial charge in [0.05, 0.1) is 11.0 Å². The van der Waals surface area contributed by atoms with Crippen molar-refractivity contribution in [1.29, 1.82) is 0 Å². The summed E-state index contributed by atoms with van der Waals surface area (Å²) in [5.41, 5.74) is 0.450. The summed E-state index contributed by atoms with van der Waals surface area (Å²) in [7, 11) is 0. The number of fused-ring (bicyclic) bond motifs is 1. The number of aromatic nitrogens is 2. The van der Waals surface area contributed by atoms with Crippen molar-refractivity contribution in [3.05, 3.63) is 44.5 Å². The fraction of sp³-hybridized carbons (Fsp3) is 0.571. The van der Waals surface area contributed by atoms with Crippen molar-refractivity contribution in [2.75, 3.05) is 13.1 Å². The Labute approximate surface area is 160 Å². The van der Waals surface area contributed by atoms with E-state index in [2.05, 4.69) is 32.7 Å². The molecule has 0 atom stereocenters. The Morgan fingerprint density at radius 1 is 1.07 bits per heavy atom. The lowest BCUT2D eigenvalue weighted by molar-refractivity contribution is 0.0741. The Morgan fingerprint density at radius 2 is 1.67 bits per heavy atom. The van der Waals surface area contributed by atoms with Gasteiger partial charge in [-0.05, 0) is 49.8 Å². The second kappa shape index (κ2) is 9.02. The first kappa shape index (κ1) is 20.9. The van der Waals surface area contributed by atoms with Crippen molar-refractivity contribution in [2.24, 2.45) is 11.8 Å². The molecule has 0 aliphatic carbocycles. The van der Waals surface area contributed by atoms with Gasteiger partial charge in [0.25, 0.3) is 5.91 Å². The van der Waals surface area contributed by atoms with Gasteiger partial charge in [-0.2, -0.15) is 0 Å². The number of amides is 1. The molecular formula is C21H31N3O3. The molecule has 1 amide bonds. The number of rotatable bonds is 8. The molecule has 0 saturated heterocycles. The number of hydrogen-bond acceptors (Lipinski definition) is 3. The van der Waals surface area contributed by atoms with E-state index in [-0.39, 0.29) is 5.91 Å². The molecule has 1 aromatic heterocycles. The second-order valence-corrected chi connectivity index (χ2v) is 7.89. The van der Waals surface area contributed by atoms with Gasteiger partial charge < -0.3 is 14.5 Å². The van der Waals surface area contributed by atoms with E-state index in [0.29, 0.717) is 48.1 Å². The van der Waals surface area contributed by atoms with E-state index in [1.165, 1.54) is 4.57 Å². The smallest absolute Gasteiger partial charge is 0.316 e. The number of aromatic amines is 1. The molecule has 0 spiro atoms. The van der Waals surface area contributed by atoms with Crippen LogP contribution in [0.2, 0.25) is 0 Å². The molecule has 0 aliphatic heterocycles. The molecule has 0 radical (unpaired) electrons. The molecule has 1 N–H and O–H groups in total. The molecule has 0 bridgehead atoms. The van der Waals surface area contributed by atoms with Crippen molar-refractivity contribution in [2.45, 2.75) is 54.0 Å². The van der Waals surface area contributed by atoms with Gasteiger partial charge in [-0.25, -0.2) is 0 Å². The van der Waals surface area contributed by atoms with E-state index in [9.17, 15) is 14.4 Å². The average Bonchev–Trinajstić information content (AvgIpc) is 2.61. The van der Waals surface area contributed by atoms with Crippen molar-refractivity contribution < 1.29 is 4.79 Å². The van der Waals surface area contributed by atoms with E-state index in [1.807, 2.05) is 11.8 Å². The molecule has 0 unspecified atom stereocenters. The van der Waals surface area contributed by atoms with Gasteiger partial charge in [0.15, 0.2) is 0 Å². The minimum atomic E-state index is -0.662. The van der Waals surface area contributed by atoms with Crippen molar-refractivity contribution in [3.63, 3.8) is 0 Å². The van der Waals surface area contributed by atoms with Gasteiger partial charge in [-0.15, -0.1) is 0 Å². The van der Waals surface area contributed by atoms with Crippen LogP contribution in [0.5, 0.6) is 0 Å². The highest BCUT2D eigenvalue weighted by Gasteiger charge is 2.18. The maximum Gasteiger partial charge on any atom is 0.316 e. The van der Waals surface area contributed by atoms with Crippen LogP contribution in [0.4, 0.5) is 0 Å². The second-order valence-electron chi connectivity index (χ2n) is 7.89. The normalized spacial score (nSPS) is 11.5. The third kappa shape index (κ3) is 5.08. The number of nitrogens with zero attached hydrogens (tertiary/aromatic N) is 2. The Bertz CT molecular complexity index is 897. The highest BCUT2D eigenvalue weighted by molar-refractivity contribution is 5.97. The number of hydrogen-bond donors (Lipinski definition) is 1. The highest BCUT2D eigenvalue weighted by atomic mass is 16.2. The summed E-state index contributed by atoms with van der Waals surface area (Å²) in [6.07, 6.45) is 1.90. The molecule has 2 aromatic rings. The molecule has 2 rings (SSSR count). The maximum absolute atomic E-state index is 13.1. The first-order valence-electron chi connectivity index (χ1n) is 9.80. The molecular weight excluding hydrogens is 342 g/mol. The predicted molar refractivity (Wildman–Crippen MR) is 109 cm³/mol. The van der Waals surface area contributed by atoms with Crippen molar-refractivity contribution >= 4 is 16.9 Å². The minimum Gasteiger partial charge on any atom is -0.339 e. The lowest BCUT2D eigenvalue weighted by atomic mass is 10.1. The predicted octanol–water partition coefficient (Wildman–Crippen LogP) is 3.24. The topological polar surface area (TPSA) is 75.2 Å². The fourth-order valence-corrected chi connectivity index (χ4v) is 3.05. The fourth-order valence-electron chi connectivity index (χ4n) is 3.05. The Kier molecular flexibility index (Phi) is 6.99. The lowest BCUT2D eigenvalue weighted by Gasteiger charge is -2.25. The van der Waals surface area contributed by atoms with E-state index in [0.717, 1.165) is 12.8 Å². The monoisotopic (exact) mass is 373 g/mol. The van der Waals surface area contributed by atoms with Gasteiger partial charge in [-0.1, -0.05) is 27.7 Å². The van der Waals surface area contributed by atoms with E-state index >= 15 is 0 Å². The van der Waals surface area contributed by atoms with Crippen LogP contribution in [0.15, 0.2) is 27.8 Å². The maximum atomic E-state index is 13.1. The Morgan fingerprint density at radius 3 is 2.19 bits per heavy atom. The first-order valence-corrected chi connectivity index (χ1v) is 9.80. The van der Waals surface area contributed by atoms with Crippen molar-refractivity contribution in [1.82, 2.24) is 14.5 Å². The minimum absolute atomic E-state index is 0.0340. The van der Waals surface area contributed by atoms with Gasteiger partial charge in [-0.3, -0.25) is 14.4 Å². The molecule has 27 heavy (non-hydrogen) atoms. The molecule has 1 aromatic carbocycles. The number of carbonyl (C=O) groups is 1. The summed E-state index contributed by atoms with van der Waals surface area (Å²) in [6.45, 7) is 12.2. The van der Waals surface area contributed by atoms with Crippen LogP contribution < -0.4 is 11.1 Å². The van der Waals surface area contributed by atoms with E-state index < -0.39 is 11.1 Å². The number of carbonyl (C=O) groups excluding carboxylic acids is 1. The average molecular weight is 373 g/mol. The van der Waals surface area contributed by atoms with Gasteiger partial charge >= 0.3 is 11.1 Å². The molecule has 0 saturated carbocycles. The summed E-state index contributed by atoms with van der Waals surface area (Å²) < 4.78 is 1.43. The van der Waals surface area contributed by atoms with Gasteiger partial charge in [0.1, 0.15) is 0 Å². The lowest BCUT2D eigenvalue weighted by Crippen LogP contribution is -2.36. The Hall–Kier alpha value is -2.37. The largest absolute Gasteiger partial charge is 0.339 e. The quantitative estimate of drug-likeness (QED) is 0.722. The zero-order valence-electron chi connectivity index (χ0n) is 17.0. The summed E-state index contributed by atoms with van der Waals surface area (Å²) in [4.78, 5) is 41.5. The number of nitrogens with one attached hydrogen (secondary N) is 1. The van der Waals surface area contributed by atoms with E-state index in [1.54, 1.807) is 18.2 Å².